The molecule has 2 aromatic rings. The number of thiazole rings is 1. The quantitative estimate of drug-likeness (QED) is 0.848. The van der Waals surface area contributed by atoms with Crippen LogP contribution in [0.3, 0.4) is 0 Å². The van der Waals surface area contributed by atoms with E-state index in [1.807, 2.05) is 12.3 Å². The number of anilines is 1. The second kappa shape index (κ2) is 5.36. The molecule has 0 saturated heterocycles. The summed E-state index contributed by atoms with van der Waals surface area (Å²) in [7, 11) is 0. The van der Waals surface area contributed by atoms with E-state index in [9.17, 15) is 9.18 Å². The van der Waals surface area contributed by atoms with Crippen molar-refractivity contribution in [1.29, 1.82) is 0 Å². The van der Waals surface area contributed by atoms with Gasteiger partial charge >= 0.3 is 0 Å². The van der Waals surface area contributed by atoms with Crippen molar-refractivity contribution >= 4 is 22.9 Å². The summed E-state index contributed by atoms with van der Waals surface area (Å²) in [6, 6.07) is 2.66. The standard InChI is InChI=1S/C13H14FN3OS/c1-7-6-19-12(17-7)5-16-13(18)9-3-10(14)8(2)11(15)4-9/h3-4,6H,5,15H2,1-2H3,(H,16,18). The van der Waals surface area contributed by atoms with E-state index in [-0.39, 0.29) is 17.2 Å². The van der Waals surface area contributed by atoms with Crippen molar-refractivity contribution in [3.63, 3.8) is 0 Å². The number of aromatic nitrogens is 1. The topological polar surface area (TPSA) is 68.0 Å². The number of carbonyl (C=O) groups is 1. The van der Waals surface area contributed by atoms with Crippen LogP contribution in [0.4, 0.5) is 10.1 Å². The lowest BCUT2D eigenvalue weighted by molar-refractivity contribution is 0.0950. The van der Waals surface area contributed by atoms with Crippen LogP contribution in [-0.2, 0) is 6.54 Å². The van der Waals surface area contributed by atoms with Crippen molar-refractivity contribution in [2.24, 2.45) is 0 Å². The van der Waals surface area contributed by atoms with E-state index < -0.39 is 5.82 Å². The fourth-order valence-electron chi connectivity index (χ4n) is 1.57. The lowest BCUT2D eigenvalue weighted by atomic mass is 10.1. The summed E-state index contributed by atoms with van der Waals surface area (Å²) in [5.41, 5.74) is 7.40. The molecule has 2 rings (SSSR count). The van der Waals surface area contributed by atoms with Gasteiger partial charge in [-0.25, -0.2) is 9.37 Å². The van der Waals surface area contributed by atoms with Gasteiger partial charge in [0.15, 0.2) is 0 Å². The molecule has 6 heteroatoms. The number of amides is 1. The molecule has 1 amide bonds. The molecule has 100 valence electrons. The van der Waals surface area contributed by atoms with Crippen molar-refractivity contribution in [2.45, 2.75) is 20.4 Å². The highest BCUT2D eigenvalue weighted by atomic mass is 32.1. The molecule has 4 nitrogen and oxygen atoms in total. The van der Waals surface area contributed by atoms with Crippen LogP contribution in [0.2, 0.25) is 0 Å². The molecule has 0 saturated carbocycles. The van der Waals surface area contributed by atoms with Crippen LogP contribution in [0.5, 0.6) is 0 Å². The van der Waals surface area contributed by atoms with E-state index in [4.69, 9.17) is 5.73 Å². The van der Waals surface area contributed by atoms with Crippen LogP contribution in [0, 0.1) is 19.7 Å². The highest BCUT2D eigenvalue weighted by molar-refractivity contribution is 7.09. The average Bonchev–Trinajstić information content (AvgIpc) is 2.78. The first kappa shape index (κ1) is 13.5. The summed E-state index contributed by atoms with van der Waals surface area (Å²) in [5, 5.41) is 5.41. The van der Waals surface area contributed by atoms with Crippen LogP contribution in [0.1, 0.15) is 26.6 Å². The van der Waals surface area contributed by atoms with Crippen LogP contribution in [0.25, 0.3) is 0 Å². The molecule has 0 atom stereocenters. The van der Waals surface area contributed by atoms with E-state index >= 15 is 0 Å². The van der Waals surface area contributed by atoms with Crippen LogP contribution >= 0.6 is 11.3 Å². The summed E-state index contributed by atoms with van der Waals surface area (Å²) in [4.78, 5) is 16.1. The number of nitrogen functional groups attached to an aromatic ring is 1. The van der Waals surface area contributed by atoms with Gasteiger partial charge in [0.1, 0.15) is 10.8 Å². The second-order valence-corrected chi connectivity index (χ2v) is 5.18. The van der Waals surface area contributed by atoms with E-state index in [1.165, 1.54) is 23.5 Å². The molecular weight excluding hydrogens is 265 g/mol. The Morgan fingerprint density at radius 1 is 1.47 bits per heavy atom. The third-order valence-electron chi connectivity index (χ3n) is 2.71. The SMILES string of the molecule is Cc1csc(CNC(=O)c2cc(N)c(C)c(F)c2)n1. The van der Waals surface area contributed by atoms with E-state index in [0.29, 0.717) is 12.1 Å². The molecule has 19 heavy (non-hydrogen) atoms. The number of aryl methyl sites for hydroxylation is 1. The maximum atomic E-state index is 13.5. The van der Waals surface area contributed by atoms with Crippen LogP contribution in [-0.4, -0.2) is 10.9 Å². The van der Waals surface area contributed by atoms with Gasteiger partial charge in [0, 0.05) is 27.9 Å². The maximum Gasteiger partial charge on any atom is 0.251 e. The smallest absolute Gasteiger partial charge is 0.251 e. The summed E-state index contributed by atoms with van der Waals surface area (Å²) in [5.74, 6) is -0.839. The van der Waals surface area contributed by atoms with Crippen LogP contribution < -0.4 is 11.1 Å². The molecule has 1 heterocycles. The van der Waals surface area contributed by atoms with E-state index in [0.717, 1.165) is 10.7 Å². The first-order chi connectivity index (χ1) is 8.97. The highest BCUT2D eigenvalue weighted by Gasteiger charge is 2.11. The summed E-state index contributed by atoms with van der Waals surface area (Å²) in [6.45, 7) is 3.79. The second-order valence-electron chi connectivity index (χ2n) is 4.24. The molecule has 1 aromatic heterocycles. The zero-order chi connectivity index (χ0) is 14.0. The van der Waals surface area contributed by atoms with Gasteiger partial charge in [-0.05, 0) is 26.0 Å². The summed E-state index contributed by atoms with van der Waals surface area (Å²) < 4.78 is 13.5. The molecule has 3 N–H and O–H groups in total. The molecule has 0 radical (unpaired) electrons. The van der Waals surface area contributed by atoms with E-state index in [2.05, 4.69) is 10.3 Å². The zero-order valence-electron chi connectivity index (χ0n) is 10.7. The van der Waals surface area contributed by atoms with Gasteiger partial charge in [0.2, 0.25) is 0 Å². The predicted octanol–water partition coefficient (Wildman–Crippen LogP) is 2.41. The molecule has 0 aliphatic heterocycles. The zero-order valence-corrected chi connectivity index (χ0v) is 11.5. The largest absolute Gasteiger partial charge is 0.398 e. The number of benzene rings is 1. The fourth-order valence-corrected chi connectivity index (χ4v) is 2.28. The molecule has 0 aliphatic carbocycles. The summed E-state index contributed by atoms with van der Waals surface area (Å²) in [6.07, 6.45) is 0. The van der Waals surface area contributed by atoms with Gasteiger partial charge in [0.05, 0.1) is 6.54 Å². The Labute approximate surface area is 114 Å². The lowest BCUT2D eigenvalue weighted by Crippen LogP contribution is -2.23. The number of hydrogen-bond donors (Lipinski definition) is 2. The molecule has 0 aliphatic rings. The van der Waals surface area contributed by atoms with Crippen molar-refractivity contribution in [3.8, 4) is 0 Å². The van der Waals surface area contributed by atoms with Gasteiger partial charge in [0.25, 0.3) is 5.91 Å². The Morgan fingerprint density at radius 2 is 2.21 bits per heavy atom. The molecular formula is C13H14FN3OS. The molecule has 0 spiro atoms. The third kappa shape index (κ3) is 3.08. The first-order valence-electron chi connectivity index (χ1n) is 5.72. The minimum absolute atomic E-state index is 0.217. The molecule has 1 aromatic carbocycles. The Bertz CT molecular complexity index is 601. The van der Waals surface area contributed by atoms with Crippen molar-refractivity contribution in [1.82, 2.24) is 10.3 Å². The number of halogens is 1. The molecule has 0 fully saturated rings. The number of hydrogen-bond acceptors (Lipinski definition) is 4. The first-order valence-corrected chi connectivity index (χ1v) is 6.60. The minimum atomic E-state index is -0.477. The number of nitrogens with zero attached hydrogens (tertiary/aromatic N) is 1. The molecule has 0 unspecified atom stereocenters. The van der Waals surface area contributed by atoms with Gasteiger partial charge < -0.3 is 11.1 Å². The van der Waals surface area contributed by atoms with Gasteiger partial charge in [-0.1, -0.05) is 0 Å². The van der Waals surface area contributed by atoms with Crippen molar-refractivity contribution in [3.05, 3.63) is 45.2 Å². The Kier molecular flexibility index (Phi) is 3.80. The average molecular weight is 279 g/mol. The predicted molar refractivity (Wildman–Crippen MR) is 73.6 cm³/mol. The Balaban J connectivity index is 2.08. The number of nitrogens with two attached hydrogens (primary N) is 1. The number of nitrogens with one attached hydrogen (secondary N) is 1. The summed E-state index contributed by atoms with van der Waals surface area (Å²) >= 11 is 1.47. The Hall–Kier alpha value is -1.95. The lowest BCUT2D eigenvalue weighted by Gasteiger charge is -2.07. The number of rotatable bonds is 3. The van der Waals surface area contributed by atoms with Crippen LogP contribution in [0.15, 0.2) is 17.5 Å². The molecule has 0 bridgehead atoms. The van der Waals surface area contributed by atoms with Gasteiger partial charge in [-0.15, -0.1) is 11.3 Å². The minimum Gasteiger partial charge on any atom is -0.398 e. The highest BCUT2D eigenvalue weighted by Crippen LogP contribution is 2.17. The van der Waals surface area contributed by atoms with E-state index in [1.54, 1.807) is 6.92 Å². The monoisotopic (exact) mass is 279 g/mol. The van der Waals surface area contributed by atoms with Crippen molar-refractivity contribution in [2.75, 3.05) is 5.73 Å². The Morgan fingerprint density at radius 3 is 2.79 bits per heavy atom. The van der Waals surface area contributed by atoms with Gasteiger partial charge in [-0.3, -0.25) is 4.79 Å². The van der Waals surface area contributed by atoms with Crippen molar-refractivity contribution < 1.29 is 9.18 Å². The fraction of sp³-hybridized carbons (Fsp3) is 0.231. The third-order valence-corrected chi connectivity index (χ3v) is 3.68. The number of carbonyl (C=O) groups excluding carboxylic acids is 1. The maximum absolute atomic E-state index is 13.5. The normalized spacial score (nSPS) is 10.5. The van der Waals surface area contributed by atoms with Gasteiger partial charge in [-0.2, -0.15) is 0 Å².